The summed E-state index contributed by atoms with van der Waals surface area (Å²) >= 11 is 0. The van der Waals surface area contributed by atoms with Gasteiger partial charge in [0.25, 0.3) is 0 Å². The molecule has 0 saturated heterocycles. The number of carbonyl (C=O) groups is 1. The molecule has 0 atom stereocenters. The third kappa shape index (κ3) is 1.11. The van der Waals surface area contributed by atoms with E-state index in [2.05, 4.69) is 4.98 Å². The smallest absolute Gasteiger partial charge is 0.373 e. The first kappa shape index (κ1) is 6.39. The van der Waals surface area contributed by atoms with Crippen LogP contribution in [0.1, 0.15) is 35.2 Å². The van der Waals surface area contributed by atoms with Crippen LogP contribution in [0.2, 0.25) is 0 Å². The molecular formula is C7H7NO3. The number of aromatic nitrogens is 1. The van der Waals surface area contributed by atoms with Crippen molar-refractivity contribution in [1.29, 1.82) is 0 Å². The molecule has 0 aromatic carbocycles. The number of nitrogens with zero attached hydrogens (tertiary/aromatic N) is 1. The fourth-order valence-corrected chi connectivity index (χ4v) is 0.906. The van der Waals surface area contributed by atoms with E-state index in [0.29, 0.717) is 11.8 Å². The molecule has 1 aliphatic carbocycles. The van der Waals surface area contributed by atoms with Crippen LogP contribution in [0.5, 0.6) is 0 Å². The Bertz CT molecular complexity index is 288. The van der Waals surface area contributed by atoms with Crippen molar-refractivity contribution in [3.63, 3.8) is 0 Å². The van der Waals surface area contributed by atoms with Crippen LogP contribution in [0.4, 0.5) is 0 Å². The normalized spacial score (nSPS) is 16.7. The molecule has 11 heavy (non-hydrogen) atoms. The molecule has 0 amide bonds. The minimum atomic E-state index is -1.05. The molecule has 0 unspecified atom stereocenters. The zero-order valence-corrected chi connectivity index (χ0v) is 5.78. The molecule has 0 bridgehead atoms. The highest BCUT2D eigenvalue weighted by Gasteiger charge is 2.29. The van der Waals surface area contributed by atoms with E-state index >= 15 is 0 Å². The lowest BCUT2D eigenvalue weighted by molar-refractivity contribution is 0.0660. The van der Waals surface area contributed by atoms with Gasteiger partial charge in [0.1, 0.15) is 0 Å². The molecule has 1 aromatic heterocycles. The fraction of sp³-hybridized carbons (Fsp3) is 0.429. The lowest BCUT2D eigenvalue weighted by Crippen LogP contribution is -1.91. The van der Waals surface area contributed by atoms with Crippen molar-refractivity contribution in [2.24, 2.45) is 0 Å². The van der Waals surface area contributed by atoms with Gasteiger partial charge in [-0.2, -0.15) is 0 Å². The van der Waals surface area contributed by atoms with E-state index in [1.165, 1.54) is 6.20 Å². The van der Waals surface area contributed by atoms with Gasteiger partial charge in [0, 0.05) is 5.92 Å². The van der Waals surface area contributed by atoms with Gasteiger partial charge < -0.3 is 9.52 Å². The summed E-state index contributed by atoms with van der Waals surface area (Å²) in [7, 11) is 0. The molecule has 1 aliphatic rings. The molecule has 1 saturated carbocycles. The number of hydrogen-bond donors (Lipinski definition) is 1. The van der Waals surface area contributed by atoms with Crippen molar-refractivity contribution >= 4 is 5.97 Å². The van der Waals surface area contributed by atoms with E-state index in [1.54, 1.807) is 0 Å². The second-order valence-corrected chi connectivity index (χ2v) is 2.64. The Morgan fingerprint density at radius 3 is 2.91 bits per heavy atom. The zero-order chi connectivity index (χ0) is 7.84. The van der Waals surface area contributed by atoms with Gasteiger partial charge in [-0.25, -0.2) is 9.78 Å². The van der Waals surface area contributed by atoms with Crippen LogP contribution in [-0.4, -0.2) is 16.1 Å². The number of carboxylic acids is 1. The predicted octanol–water partition coefficient (Wildman–Crippen LogP) is 1.25. The van der Waals surface area contributed by atoms with Gasteiger partial charge in [-0.05, 0) is 12.8 Å². The molecule has 1 heterocycles. The van der Waals surface area contributed by atoms with Gasteiger partial charge in [-0.1, -0.05) is 0 Å². The average molecular weight is 153 g/mol. The number of hydrogen-bond acceptors (Lipinski definition) is 3. The highest BCUT2D eigenvalue weighted by molar-refractivity contribution is 5.83. The lowest BCUT2D eigenvalue weighted by atomic mass is 10.4. The molecular weight excluding hydrogens is 146 g/mol. The number of oxazole rings is 1. The summed E-state index contributed by atoms with van der Waals surface area (Å²) in [4.78, 5) is 14.2. The number of aromatic carboxylic acids is 1. The first-order chi connectivity index (χ1) is 5.27. The Kier molecular flexibility index (Phi) is 1.21. The van der Waals surface area contributed by atoms with Crippen LogP contribution in [0, 0.1) is 0 Å². The summed E-state index contributed by atoms with van der Waals surface area (Å²) in [5.41, 5.74) is 0. The molecule has 1 N–H and O–H groups in total. The molecule has 2 rings (SSSR count). The van der Waals surface area contributed by atoms with Gasteiger partial charge in [0.15, 0.2) is 5.89 Å². The van der Waals surface area contributed by atoms with Crippen molar-refractivity contribution in [3.8, 4) is 0 Å². The summed E-state index contributed by atoms with van der Waals surface area (Å²) in [5, 5.41) is 8.47. The molecule has 0 spiro atoms. The topological polar surface area (TPSA) is 63.3 Å². The maximum Gasteiger partial charge on any atom is 0.373 e. The summed E-state index contributed by atoms with van der Waals surface area (Å²) in [6, 6.07) is 0. The van der Waals surface area contributed by atoms with Crippen molar-refractivity contribution in [3.05, 3.63) is 17.8 Å². The first-order valence-electron chi connectivity index (χ1n) is 3.46. The summed E-state index contributed by atoms with van der Waals surface area (Å²) in [6.07, 6.45) is 3.40. The standard InChI is InChI=1S/C7H7NO3/c9-7(10)5-3-8-6(11-5)4-1-2-4/h3-4H,1-2H2,(H,9,10). The summed E-state index contributed by atoms with van der Waals surface area (Å²) < 4.78 is 4.96. The van der Waals surface area contributed by atoms with Crippen LogP contribution >= 0.6 is 0 Å². The largest absolute Gasteiger partial charge is 0.475 e. The molecule has 4 heteroatoms. The second kappa shape index (κ2) is 2.08. The average Bonchev–Trinajstić information content (AvgIpc) is 2.68. The maximum atomic E-state index is 10.3. The monoisotopic (exact) mass is 153 g/mol. The van der Waals surface area contributed by atoms with Gasteiger partial charge in [0.05, 0.1) is 6.20 Å². The third-order valence-corrected chi connectivity index (χ3v) is 1.66. The molecule has 1 aromatic rings. The van der Waals surface area contributed by atoms with Crippen LogP contribution in [-0.2, 0) is 0 Å². The molecule has 0 aliphatic heterocycles. The van der Waals surface area contributed by atoms with Crippen molar-refractivity contribution in [1.82, 2.24) is 4.98 Å². The van der Waals surface area contributed by atoms with E-state index in [-0.39, 0.29) is 5.76 Å². The zero-order valence-electron chi connectivity index (χ0n) is 5.78. The Labute approximate surface area is 62.9 Å². The van der Waals surface area contributed by atoms with E-state index in [1.807, 2.05) is 0 Å². The number of rotatable bonds is 2. The molecule has 4 nitrogen and oxygen atoms in total. The Morgan fingerprint density at radius 2 is 2.45 bits per heavy atom. The molecule has 1 fully saturated rings. The minimum Gasteiger partial charge on any atom is -0.475 e. The summed E-state index contributed by atoms with van der Waals surface area (Å²) in [5.74, 6) is -0.165. The van der Waals surface area contributed by atoms with E-state index in [0.717, 1.165) is 12.8 Å². The minimum absolute atomic E-state index is 0.0631. The number of carboxylic acid groups (broad SMARTS) is 1. The predicted molar refractivity (Wildman–Crippen MR) is 35.4 cm³/mol. The molecule has 58 valence electrons. The van der Waals surface area contributed by atoms with Crippen molar-refractivity contribution in [2.75, 3.05) is 0 Å². The quantitative estimate of drug-likeness (QED) is 0.694. The lowest BCUT2D eigenvalue weighted by Gasteiger charge is -1.85. The van der Waals surface area contributed by atoms with Crippen molar-refractivity contribution < 1.29 is 14.3 Å². The van der Waals surface area contributed by atoms with Crippen molar-refractivity contribution in [2.45, 2.75) is 18.8 Å². The summed E-state index contributed by atoms with van der Waals surface area (Å²) in [6.45, 7) is 0. The Balaban J connectivity index is 2.25. The fourth-order valence-electron chi connectivity index (χ4n) is 0.906. The van der Waals surface area contributed by atoms with Crippen LogP contribution < -0.4 is 0 Å². The first-order valence-corrected chi connectivity index (χ1v) is 3.46. The molecule has 0 radical (unpaired) electrons. The SMILES string of the molecule is O=C(O)c1cnc(C2CC2)o1. The van der Waals surface area contributed by atoms with Crippen LogP contribution in [0.15, 0.2) is 10.6 Å². The maximum absolute atomic E-state index is 10.3. The van der Waals surface area contributed by atoms with Crippen LogP contribution in [0.3, 0.4) is 0 Å². The third-order valence-electron chi connectivity index (χ3n) is 1.66. The van der Waals surface area contributed by atoms with Gasteiger partial charge >= 0.3 is 5.97 Å². The Hall–Kier alpha value is -1.32. The second-order valence-electron chi connectivity index (χ2n) is 2.64. The highest BCUT2D eigenvalue weighted by atomic mass is 16.4. The van der Waals surface area contributed by atoms with Gasteiger partial charge in [-0.3, -0.25) is 0 Å². The van der Waals surface area contributed by atoms with Gasteiger partial charge in [0.2, 0.25) is 5.76 Å². The Morgan fingerprint density at radius 1 is 1.73 bits per heavy atom. The van der Waals surface area contributed by atoms with E-state index in [4.69, 9.17) is 9.52 Å². The highest BCUT2D eigenvalue weighted by Crippen LogP contribution is 2.39. The van der Waals surface area contributed by atoms with Gasteiger partial charge in [-0.15, -0.1) is 0 Å². The van der Waals surface area contributed by atoms with E-state index < -0.39 is 5.97 Å². The van der Waals surface area contributed by atoms with Crippen LogP contribution in [0.25, 0.3) is 0 Å². The van der Waals surface area contributed by atoms with E-state index in [9.17, 15) is 4.79 Å².